The zero-order chi connectivity index (χ0) is 14.6. The van der Waals surface area contributed by atoms with Crippen LogP contribution in [0.3, 0.4) is 0 Å². The van der Waals surface area contributed by atoms with E-state index in [0.29, 0.717) is 0 Å². The third kappa shape index (κ3) is 3.47. The number of hydrogen-bond acceptors (Lipinski definition) is 4. The van der Waals surface area contributed by atoms with Gasteiger partial charge in [0, 0.05) is 18.7 Å². The summed E-state index contributed by atoms with van der Waals surface area (Å²) in [5.74, 6) is -1.39. The second-order valence-corrected chi connectivity index (χ2v) is 4.23. The third-order valence-electron chi connectivity index (χ3n) is 2.61. The monoisotopic (exact) mass is 270 g/mol. The van der Waals surface area contributed by atoms with E-state index < -0.39 is 22.3 Å². The third-order valence-corrected chi connectivity index (χ3v) is 2.61. The molecule has 0 aliphatic carbocycles. The first kappa shape index (κ1) is 15.0. The molecule has 0 unspecified atom stereocenters. The molecule has 0 aliphatic heterocycles. The van der Waals surface area contributed by atoms with Gasteiger partial charge in [0.15, 0.2) is 0 Å². The smallest absolute Gasteiger partial charge is 0.282 e. The molecular formula is C12H15FN2O4. The van der Waals surface area contributed by atoms with Crippen molar-refractivity contribution in [3.05, 3.63) is 39.7 Å². The number of halogens is 1. The highest BCUT2D eigenvalue weighted by molar-refractivity contribution is 5.98. The summed E-state index contributed by atoms with van der Waals surface area (Å²) in [7, 11) is 0. The van der Waals surface area contributed by atoms with Crippen LogP contribution in [0.5, 0.6) is 0 Å². The fourth-order valence-electron chi connectivity index (χ4n) is 1.70. The van der Waals surface area contributed by atoms with Crippen LogP contribution < -0.4 is 0 Å². The van der Waals surface area contributed by atoms with Crippen molar-refractivity contribution in [2.24, 2.45) is 0 Å². The first-order valence-corrected chi connectivity index (χ1v) is 5.74. The Morgan fingerprint density at radius 2 is 2.16 bits per heavy atom. The van der Waals surface area contributed by atoms with Crippen LogP contribution in [0.1, 0.15) is 24.2 Å². The normalized spacial score (nSPS) is 10.6. The standard InChI is InChI=1S/C12H15FN2O4/c1-8(2)14(5-6-16)12(17)10-7-9(13)3-4-11(10)15(18)19/h3-4,7-8,16H,5-6H2,1-2H3. The molecule has 0 radical (unpaired) electrons. The van der Waals surface area contributed by atoms with Gasteiger partial charge in [-0.15, -0.1) is 0 Å². The van der Waals surface area contributed by atoms with Crippen LogP contribution in [0, 0.1) is 15.9 Å². The Labute approximate surface area is 109 Å². The molecule has 0 atom stereocenters. The first-order valence-electron chi connectivity index (χ1n) is 5.74. The van der Waals surface area contributed by atoms with Gasteiger partial charge in [0.2, 0.25) is 0 Å². The van der Waals surface area contributed by atoms with Crippen LogP contribution in [-0.4, -0.2) is 40.0 Å². The summed E-state index contributed by atoms with van der Waals surface area (Å²) in [6.07, 6.45) is 0. The van der Waals surface area contributed by atoms with Gasteiger partial charge in [-0.25, -0.2) is 4.39 Å². The van der Waals surface area contributed by atoms with Crippen LogP contribution in [0.2, 0.25) is 0 Å². The minimum atomic E-state index is -0.732. The van der Waals surface area contributed by atoms with Gasteiger partial charge in [-0.3, -0.25) is 14.9 Å². The largest absolute Gasteiger partial charge is 0.395 e. The second-order valence-electron chi connectivity index (χ2n) is 4.23. The van der Waals surface area contributed by atoms with Crippen molar-refractivity contribution >= 4 is 11.6 Å². The number of aliphatic hydroxyl groups is 1. The molecule has 6 nitrogen and oxygen atoms in total. The molecule has 0 spiro atoms. The number of hydrogen-bond donors (Lipinski definition) is 1. The quantitative estimate of drug-likeness (QED) is 0.650. The minimum Gasteiger partial charge on any atom is -0.395 e. The summed E-state index contributed by atoms with van der Waals surface area (Å²) in [5, 5.41) is 19.8. The molecule has 19 heavy (non-hydrogen) atoms. The SMILES string of the molecule is CC(C)N(CCO)C(=O)c1cc(F)ccc1[N+](=O)[O-]. The van der Waals surface area contributed by atoms with E-state index in [1.807, 2.05) is 0 Å². The van der Waals surface area contributed by atoms with E-state index in [1.54, 1.807) is 13.8 Å². The number of carbonyl (C=O) groups excluding carboxylic acids is 1. The molecule has 1 amide bonds. The lowest BCUT2D eigenvalue weighted by atomic mass is 10.1. The Kier molecular flexibility index (Phi) is 4.94. The number of nitro benzene ring substituents is 1. The minimum absolute atomic E-state index is 0.0319. The summed E-state index contributed by atoms with van der Waals surface area (Å²) < 4.78 is 13.2. The van der Waals surface area contributed by atoms with E-state index in [9.17, 15) is 19.3 Å². The van der Waals surface area contributed by atoms with Gasteiger partial charge < -0.3 is 10.0 Å². The molecule has 0 aliphatic rings. The maximum Gasteiger partial charge on any atom is 0.282 e. The number of rotatable bonds is 5. The average Bonchev–Trinajstić information content (AvgIpc) is 2.34. The van der Waals surface area contributed by atoms with Gasteiger partial charge in [0.25, 0.3) is 11.6 Å². The van der Waals surface area contributed by atoms with E-state index in [0.717, 1.165) is 18.2 Å². The molecule has 0 saturated carbocycles. The Hall–Kier alpha value is -2.02. The van der Waals surface area contributed by atoms with Crippen molar-refractivity contribution in [1.29, 1.82) is 0 Å². The Bertz CT molecular complexity index is 491. The molecule has 0 bridgehead atoms. The maximum atomic E-state index is 13.2. The molecular weight excluding hydrogens is 255 g/mol. The van der Waals surface area contributed by atoms with Crippen molar-refractivity contribution in [2.45, 2.75) is 19.9 Å². The van der Waals surface area contributed by atoms with Gasteiger partial charge >= 0.3 is 0 Å². The average molecular weight is 270 g/mol. The Morgan fingerprint density at radius 3 is 2.63 bits per heavy atom. The van der Waals surface area contributed by atoms with E-state index >= 15 is 0 Å². The Balaban J connectivity index is 3.23. The number of benzene rings is 1. The fourth-order valence-corrected chi connectivity index (χ4v) is 1.70. The van der Waals surface area contributed by atoms with Crippen molar-refractivity contribution in [1.82, 2.24) is 4.90 Å². The highest BCUT2D eigenvalue weighted by atomic mass is 19.1. The molecule has 1 aromatic carbocycles. The molecule has 0 aromatic heterocycles. The Morgan fingerprint density at radius 1 is 1.53 bits per heavy atom. The number of aliphatic hydroxyl groups excluding tert-OH is 1. The second kappa shape index (κ2) is 6.24. The molecule has 1 aromatic rings. The number of carbonyl (C=O) groups is 1. The van der Waals surface area contributed by atoms with Crippen molar-refractivity contribution in [3.63, 3.8) is 0 Å². The molecule has 0 saturated heterocycles. The van der Waals surface area contributed by atoms with Gasteiger partial charge in [-0.05, 0) is 26.0 Å². The molecule has 104 valence electrons. The number of nitrogens with zero attached hydrogens (tertiary/aromatic N) is 2. The van der Waals surface area contributed by atoms with Gasteiger partial charge in [0.1, 0.15) is 11.4 Å². The van der Waals surface area contributed by atoms with E-state index in [4.69, 9.17) is 5.11 Å². The van der Waals surface area contributed by atoms with Crippen LogP contribution in [0.4, 0.5) is 10.1 Å². The van der Waals surface area contributed by atoms with Crippen LogP contribution >= 0.6 is 0 Å². The molecule has 0 fully saturated rings. The first-order chi connectivity index (χ1) is 8.88. The zero-order valence-electron chi connectivity index (χ0n) is 10.7. The predicted molar refractivity (Wildman–Crippen MR) is 66.3 cm³/mol. The van der Waals surface area contributed by atoms with Crippen LogP contribution in [0.15, 0.2) is 18.2 Å². The van der Waals surface area contributed by atoms with Gasteiger partial charge in [-0.1, -0.05) is 0 Å². The van der Waals surface area contributed by atoms with Crippen molar-refractivity contribution < 1.29 is 19.2 Å². The van der Waals surface area contributed by atoms with E-state index in [2.05, 4.69) is 0 Å². The van der Waals surface area contributed by atoms with Crippen molar-refractivity contribution in [2.75, 3.05) is 13.2 Å². The fraction of sp³-hybridized carbons (Fsp3) is 0.417. The zero-order valence-corrected chi connectivity index (χ0v) is 10.7. The highest BCUT2D eigenvalue weighted by Gasteiger charge is 2.26. The predicted octanol–water partition coefficient (Wildman–Crippen LogP) is 1.58. The van der Waals surface area contributed by atoms with Crippen LogP contribution in [-0.2, 0) is 0 Å². The maximum absolute atomic E-state index is 13.2. The molecule has 0 heterocycles. The molecule has 7 heteroatoms. The summed E-state index contributed by atoms with van der Waals surface area (Å²) in [6.45, 7) is 3.18. The van der Waals surface area contributed by atoms with E-state index in [1.165, 1.54) is 4.90 Å². The van der Waals surface area contributed by atoms with Crippen molar-refractivity contribution in [3.8, 4) is 0 Å². The number of nitro groups is 1. The summed E-state index contributed by atoms with van der Waals surface area (Å²) >= 11 is 0. The molecule has 1 rings (SSSR count). The summed E-state index contributed by atoms with van der Waals surface area (Å²) in [6, 6.07) is 2.47. The lowest BCUT2D eigenvalue weighted by Gasteiger charge is -2.25. The van der Waals surface area contributed by atoms with E-state index in [-0.39, 0.29) is 24.8 Å². The lowest BCUT2D eigenvalue weighted by Crippen LogP contribution is -2.39. The molecule has 1 N–H and O–H groups in total. The summed E-state index contributed by atoms with van der Waals surface area (Å²) in [5.41, 5.74) is -0.762. The number of amides is 1. The van der Waals surface area contributed by atoms with Crippen LogP contribution in [0.25, 0.3) is 0 Å². The van der Waals surface area contributed by atoms with Gasteiger partial charge in [0.05, 0.1) is 11.5 Å². The van der Waals surface area contributed by atoms with Gasteiger partial charge in [-0.2, -0.15) is 0 Å². The summed E-state index contributed by atoms with van der Waals surface area (Å²) in [4.78, 5) is 23.6. The lowest BCUT2D eigenvalue weighted by molar-refractivity contribution is -0.385. The topological polar surface area (TPSA) is 83.7 Å². The highest BCUT2D eigenvalue weighted by Crippen LogP contribution is 2.22.